The molecule has 0 aliphatic carbocycles. The maximum absolute atomic E-state index is 13.5. The molecule has 0 spiro atoms. The lowest BCUT2D eigenvalue weighted by Gasteiger charge is -2.19. The Labute approximate surface area is 101 Å². The van der Waals surface area contributed by atoms with Crippen molar-refractivity contribution in [3.63, 3.8) is 0 Å². The topological polar surface area (TPSA) is 50.3 Å². The summed E-state index contributed by atoms with van der Waals surface area (Å²) in [5.41, 5.74) is -0.0572. The zero-order valence-corrected chi connectivity index (χ0v) is 10.7. The van der Waals surface area contributed by atoms with E-state index in [-0.39, 0.29) is 5.41 Å². The monoisotopic (exact) mass is 258 g/mol. The van der Waals surface area contributed by atoms with Crippen LogP contribution in [0.5, 0.6) is 0 Å². The van der Waals surface area contributed by atoms with Gasteiger partial charge in [-0.15, -0.1) is 0 Å². The minimum Gasteiger partial charge on any atom is -0.241 e. The Bertz CT molecular complexity index is 528. The molecule has 0 aromatic carbocycles. The molecule has 17 heavy (non-hydrogen) atoms. The van der Waals surface area contributed by atoms with Gasteiger partial charge in [-0.25, -0.2) is 17.8 Å². The molecule has 1 aliphatic rings. The zero-order chi connectivity index (χ0) is 12.7. The number of hydrogen-bond acceptors (Lipinski definition) is 3. The average Bonchev–Trinajstić information content (AvgIpc) is 2.60. The molecule has 0 radical (unpaired) electrons. The Morgan fingerprint density at radius 1 is 1.47 bits per heavy atom. The number of hydrogen-bond donors (Lipinski definition) is 0. The first-order valence-corrected chi connectivity index (χ1v) is 6.88. The van der Waals surface area contributed by atoms with Crippen LogP contribution in [0.25, 0.3) is 0 Å². The fraction of sp³-hybridized carbons (Fsp3) is 0.545. The van der Waals surface area contributed by atoms with Gasteiger partial charge in [0.25, 0.3) is 10.0 Å². The van der Waals surface area contributed by atoms with E-state index in [4.69, 9.17) is 0 Å². The summed E-state index contributed by atoms with van der Waals surface area (Å²) in [4.78, 5) is 3.64. The molecule has 2 rings (SSSR count). The van der Waals surface area contributed by atoms with E-state index in [1.807, 2.05) is 13.8 Å². The van der Waals surface area contributed by atoms with E-state index < -0.39 is 20.9 Å². The molecule has 0 N–H and O–H groups in total. The highest BCUT2D eigenvalue weighted by molar-refractivity contribution is 7.89. The highest BCUT2D eigenvalue weighted by Gasteiger charge is 2.38. The van der Waals surface area contributed by atoms with Gasteiger partial charge in [-0.2, -0.15) is 4.31 Å². The van der Waals surface area contributed by atoms with Crippen molar-refractivity contribution >= 4 is 10.0 Å². The Balaban J connectivity index is 2.36. The molecule has 0 saturated carbocycles. The van der Waals surface area contributed by atoms with Gasteiger partial charge < -0.3 is 0 Å². The number of nitrogens with zero attached hydrogens (tertiary/aromatic N) is 2. The van der Waals surface area contributed by atoms with Crippen LogP contribution in [0, 0.1) is 11.2 Å². The molecule has 1 saturated heterocycles. The van der Waals surface area contributed by atoms with Gasteiger partial charge in [0.1, 0.15) is 0 Å². The minimum absolute atomic E-state index is 0.0572. The fourth-order valence-corrected chi connectivity index (χ4v) is 3.56. The lowest BCUT2D eigenvalue weighted by molar-refractivity contribution is 0.373. The average molecular weight is 258 g/mol. The van der Waals surface area contributed by atoms with E-state index >= 15 is 0 Å². The van der Waals surface area contributed by atoms with E-state index in [9.17, 15) is 12.8 Å². The van der Waals surface area contributed by atoms with Gasteiger partial charge >= 0.3 is 0 Å². The van der Waals surface area contributed by atoms with Gasteiger partial charge in [-0.05, 0) is 24.0 Å². The van der Waals surface area contributed by atoms with Gasteiger partial charge in [-0.3, -0.25) is 0 Å². The molecule has 1 aromatic heterocycles. The predicted molar refractivity (Wildman–Crippen MR) is 61.4 cm³/mol. The molecule has 4 nitrogen and oxygen atoms in total. The molecule has 1 aliphatic heterocycles. The van der Waals surface area contributed by atoms with Crippen LogP contribution in [-0.2, 0) is 10.0 Å². The smallest absolute Gasteiger partial charge is 0.241 e. The van der Waals surface area contributed by atoms with E-state index in [2.05, 4.69) is 4.98 Å². The van der Waals surface area contributed by atoms with E-state index in [0.29, 0.717) is 13.1 Å². The van der Waals surface area contributed by atoms with Crippen molar-refractivity contribution in [2.45, 2.75) is 25.3 Å². The molecule has 0 amide bonds. The highest BCUT2D eigenvalue weighted by atomic mass is 32.2. The summed E-state index contributed by atoms with van der Waals surface area (Å²) in [5.74, 6) is -0.794. The number of rotatable bonds is 2. The van der Waals surface area contributed by atoms with Gasteiger partial charge in [0.05, 0.1) is 0 Å². The van der Waals surface area contributed by atoms with Gasteiger partial charge in [0, 0.05) is 19.3 Å². The molecule has 0 unspecified atom stereocenters. The minimum atomic E-state index is -3.79. The summed E-state index contributed by atoms with van der Waals surface area (Å²) in [6.07, 6.45) is 2.07. The normalized spacial score (nSPS) is 20.6. The molecular weight excluding hydrogens is 243 g/mol. The van der Waals surface area contributed by atoms with E-state index in [0.717, 1.165) is 12.5 Å². The molecular formula is C11H15FN2O2S. The van der Waals surface area contributed by atoms with Crippen LogP contribution >= 0.6 is 0 Å². The Morgan fingerprint density at radius 3 is 2.71 bits per heavy atom. The molecule has 0 bridgehead atoms. The lowest BCUT2D eigenvalue weighted by Crippen LogP contribution is -2.31. The summed E-state index contributed by atoms with van der Waals surface area (Å²) in [6.45, 7) is 4.82. The van der Waals surface area contributed by atoms with Crippen molar-refractivity contribution in [1.82, 2.24) is 9.29 Å². The third-order valence-electron chi connectivity index (χ3n) is 2.95. The van der Waals surface area contributed by atoms with Crippen molar-refractivity contribution in [2.75, 3.05) is 13.1 Å². The zero-order valence-electron chi connectivity index (χ0n) is 9.85. The molecule has 6 heteroatoms. The molecule has 1 fully saturated rings. The molecule has 0 atom stereocenters. The third-order valence-corrected chi connectivity index (χ3v) is 4.73. The number of sulfonamides is 1. The summed E-state index contributed by atoms with van der Waals surface area (Å²) in [7, 11) is -3.79. The fourth-order valence-electron chi connectivity index (χ4n) is 1.95. The summed E-state index contributed by atoms with van der Waals surface area (Å²) in [6, 6.07) is 2.49. The molecule has 94 valence electrons. The van der Waals surface area contributed by atoms with Crippen LogP contribution in [0.1, 0.15) is 20.3 Å². The molecule has 2 heterocycles. The summed E-state index contributed by atoms with van der Waals surface area (Å²) < 4.78 is 39.1. The van der Waals surface area contributed by atoms with Crippen LogP contribution < -0.4 is 0 Å². The van der Waals surface area contributed by atoms with Crippen molar-refractivity contribution < 1.29 is 12.8 Å². The second-order valence-corrected chi connectivity index (χ2v) is 6.90. The first kappa shape index (κ1) is 12.4. The lowest BCUT2D eigenvalue weighted by atomic mass is 9.93. The maximum Gasteiger partial charge on any atom is 0.263 e. The summed E-state index contributed by atoms with van der Waals surface area (Å²) >= 11 is 0. The van der Waals surface area contributed by atoms with Crippen LogP contribution in [0.4, 0.5) is 4.39 Å². The largest absolute Gasteiger partial charge is 0.263 e. The number of aromatic nitrogens is 1. The predicted octanol–water partition coefficient (Wildman–Crippen LogP) is 1.64. The number of halogens is 1. The summed E-state index contributed by atoms with van der Waals surface area (Å²) in [5, 5.41) is -0.474. The van der Waals surface area contributed by atoms with Crippen LogP contribution in [0.3, 0.4) is 0 Å². The highest BCUT2D eigenvalue weighted by Crippen LogP contribution is 2.32. The first-order chi connectivity index (χ1) is 7.83. The first-order valence-electron chi connectivity index (χ1n) is 5.44. The van der Waals surface area contributed by atoms with Gasteiger partial charge in [0.2, 0.25) is 5.03 Å². The second-order valence-electron chi connectivity index (χ2n) is 5.04. The maximum atomic E-state index is 13.5. The van der Waals surface area contributed by atoms with Crippen molar-refractivity contribution in [3.8, 4) is 0 Å². The van der Waals surface area contributed by atoms with Gasteiger partial charge in [0.15, 0.2) is 5.82 Å². The van der Waals surface area contributed by atoms with Crippen molar-refractivity contribution in [1.29, 1.82) is 0 Å². The van der Waals surface area contributed by atoms with Crippen molar-refractivity contribution in [3.05, 3.63) is 24.1 Å². The SMILES string of the molecule is CC1(C)CCN(S(=O)(=O)c2ncccc2F)C1. The van der Waals surface area contributed by atoms with Crippen LogP contribution in [-0.4, -0.2) is 30.8 Å². The Kier molecular flexibility index (Phi) is 2.95. The standard InChI is InChI=1S/C11H15FN2O2S/c1-11(2)5-7-14(8-11)17(15,16)10-9(12)4-3-6-13-10/h3-4,6H,5,7-8H2,1-2H3. The van der Waals surface area contributed by atoms with E-state index in [1.165, 1.54) is 16.6 Å². The van der Waals surface area contributed by atoms with E-state index in [1.54, 1.807) is 0 Å². The second kappa shape index (κ2) is 4.03. The van der Waals surface area contributed by atoms with Crippen molar-refractivity contribution in [2.24, 2.45) is 5.41 Å². The quantitative estimate of drug-likeness (QED) is 0.810. The molecule has 1 aromatic rings. The Hall–Kier alpha value is -1.01. The Morgan fingerprint density at radius 2 is 2.18 bits per heavy atom. The third kappa shape index (κ3) is 2.32. The van der Waals surface area contributed by atoms with Crippen LogP contribution in [0.2, 0.25) is 0 Å². The number of pyridine rings is 1. The van der Waals surface area contributed by atoms with Gasteiger partial charge in [-0.1, -0.05) is 13.8 Å². The van der Waals surface area contributed by atoms with Crippen LogP contribution in [0.15, 0.2) is 23.4 Å².